The van der Waals surface area contributed by atoms with Crippen molar-refractivity contribution < 1.29 is 9.59 Å². The second-order valence-corrected chi connectivity index (χ2v) is 5.05. The summed E-state index contributed by atoms with van der Waals surface area (Å²) in [5.41, 5.74) is 6.07. The summed E-state index contributed by atoms with van der Waals surface area (Å²) in [6, 6.07) is 2.82. The molecule has 0 saturated heterocycles. The topological polar surface area (TPSA) is 84.2 Å². The molecule has 0 atom stereocenters. The second-order valence-electron chi connectivity index (χ2n) is 4.27. The molecule has 0 unspecified atom stereocenters. The largest absolute Gasteiger partial charge is 0.397 e. The van der Waals surface area contributed by atoms with Crippen LogP contribution in [0.3, 0.4) is 0 Å². The molecular weight excluding hydrogens is 289 g/mol. The third-order valence-corrected chi connectivity index (χ3v) is 2.99. The first-order valence-electron chi connectivity index (χ1n) is 5.63. The maximum absolute atomic E-state index is 11.8. The summed E-state index contributed by atoms with van der Waals surface area (Å²) in [5, 5.41) is 5.52. The lowest BCUT2D eigenvalue weighted by Crippen LogP contribution is -2.39. The zero-order chi connectivity index (χ0) is 14.6. The van der Waals surface area contributed by atoms with Crippen molar-refractivity contribution in [1.29, 1.82) is 0 Å². The van der Waals surface area contributed by atoms with E-state index in [-0.39, 0.29) is 39.8 Å². The number of rotatable bonds is 4. The van der Waals surface area contributed by atoms with Gasteiger partial charge in [0.05, 0.1) is 22.3 Å². The predicted octanol–water partition coefficient (Wildman–Crippen LogP) is 1.83. The number of hydrogen-bond donors (Lipinski definition) is 3. The number of benzene rings is 1. The minimum Gasteiger partial charge on any atom is -0.397 e. The molecule has 0 bridgehead atoms. The van der Waals surface area contributed by atoms with Gasteiger partial charge >= 0.3 is 0 Å². The quantitative estimate of drug-likeness (QED) is 0.742. The normalized spacial score (nSPS) is 10.4. The van der Waals surface area contributed by atoms with Gasteiger partial charge in [-0.1, -0.05) is 23.2 Å². The van der Waals surface area contributed by atoms with E-state index < -0.39 is 5.91 Å². The van der Waals surface area contributed by atoms with Gasteiger partial charge in [-0.3, -0.25) is 9.59 Å². The first-order valence-corrected chi connectivity index (χ1v) is 6.39. The molecule has 5 nitrogen and oxygen atoms in total. The number of nitrogen functional groups attached to an aromatic ring is 1. The Kier molecular flexibility index (Phi) is 5.44. The van der Waals surface area contributed by atoms with E-state index >= 15 is 0 Å². The van der Waals surface area contributed by atoms with Crippen LogP contribution in [0.15, 0.2) is 12.1 Å². The number of amides is 2. The molecule has 1 aromatic rings. The molecule has 0 aliphatic carbocycles. The number of carbonyl (C=O) groups excluding carboxylic acids is 2. The maximum atomic E-state index is 11.8. The van der Waals surface area contributed by atoms with Crippen LogP contribution in [-0.4, -0.2) is 24.4 Å². The number of nitrogens with two attached hydrogens (primary N) is 1. The number of carbonyl (C=O) groups is 2. The van der Waals surface area contributed by atoms with Gasteiger partial charge in [0.2, 0.25) is 5.91 Å². The summed E-state index contributed by atoms with van der Waals surface area (Å²) in [7, 11) is 0. The number of nitrogens with one attached hydrogen (secondary N) is 2. The highest BCUT2D eigenvalue weighted by Gasteiger charge is 2.12. The molecule has 1 rings (SSSR count). The monoisotopic (exact) mass is 303 g/mol. The zero-order valence-electron chi connectivity index (χ0n) is 10.6. The molecule has 1 aromatic carbocycles. The summed E-state index contributed by atoms with van der Waals surface area (Å²) < 4.78 is 0. The highest BCUT2D eigenvalue weighted by atomic mass is 35.5. The van der Waals surface area contributed by atoms with Crippen molar-refractivity contribution in [3.05, 3.63) is 27.7 Å². The lowest BCUT2D eigenvalue weighted by molar-refractivity contribution is -0.120. The lowest BCUT2D eigenvalue weighted by Gasteiger charge is -2.10. The van der Waals surface area contributed by atoms with Crippen LogP contribution in [-0.2, 0) is 4.79 Å². The number of halogens is 2. The van der Waals surface area contributed by atoms with Gasteiger partial charge in [-0.25, -0.2) is 0 Å². The van der Waals surface area contributed by atoms with E-state index in [1.54, 1.807) is 0 Å². The van der Waals surface area contributed by atoms with Crippen LogP contribution in [0.2, 0.25) is 10.0 Å². The van der Waals surface area contributed by atoms with E-state index in [2.05, 4.69) is 10.6 Å². The van der Waals surface area contributed by atoms with Gasteiger partial charge in [-0.2, -0.15) is 0 Å². The van der Waals surface area contributed by atoms with Crippen molar-refractivity contribution in [3.8, 4) is 0 Å². The molecule has 7 heteroatoms. The standard InChI is InChI=1S/C12H15Cl2N3O2/c1-6(2)17-10(18)5-16-12(19)7-3-8(13)11(14)9(15)4-7/h3-4,6H,5,15H2,1-2H3,(H,16,19)(H,17,18). The zero-order valence-corrected chi connectivity index (χ0v) is 12.1. The molecule has 104 valence electrons. The van der Waals surface area contributed by atoms with Crippen molar-refractivity contribution >= 4 is 40.7 Å². The van der Waals surface area contributed by atoms with Crippen molar-refractivity contribution in [1.82, 2.24) is 10.6 Å². The van der Waals surface area contributed by atoms with Gasteiger partial charge in [0.1, 0.15) is 0 Å². The minimum absolute atomic E-state index is 0.0185. The van der Waals surface area contributed by atoms with Crippen LogP contribution in [0.1, 0.15) is 24.2 Å². The summed E-state index contributed by atoms with van der Waals surface area (Å²) in [6.45, 7) is 3.55. The van der Waals surface area contributed by atoms with Gasteiger partial charge in [0.25, 0.3) is 5.91 Å². The molecule has 0 saturated carbocycles. The van der Waals surface area contributed by atoms with E-state index in [1.807, 2.05) is 13.8 Å². The maximum Gasteiger partial charge on any atom is 0.251 e. The fraction of sp³-hybridized carbons (Fsp3) is 0.333. The average molecular weight is 304 g/mol. The Bertz CT molecular complexity index is 481. The third-order valence-electron chi connectivity index (χ3n) is 2.18. The van der Waals surface area contributed by atoms with Gasteiger partial charge in [0, 0.05) is 11.6 Å². The Morgan fingerprint density at radius 2 is 1.95 bits per heavy atom. The summed E-state index contributed by atoms with van der Waals surface area (Å²) in [5.74, 6) is -0.708. The molecule has 0 radical (unpaired) electrons. The van der Waals surface area contributed by atoms with Crippen LogP contribution in [0.25, 0.3) is 0 Å². The summed E-state index contributed by atoms with van der Waals surface area (Å²) in [6.07, 6.45) is 0. The summed E-state index contributed by atoms with van der Waals surface area (Å²) in [4.78, 5) is 23.2. The first kappa shape index (κ1) is 15.6. The molecule has 4 N–H and O–H groups in total. The Morgan fingerprint density at radius 1 is 1.32 bits per heavy atom. The van der Waals surface area contributed by atoms with E-state index in [0.717, 1.165) is 0 Å². The Hall–Kier alpha value is -1.46. The van der Waals surface area contributed by atoms with Gasteiger partial charge < -0.3 is 16.4 Å². The molecule has 19 heavy (non-hydrogen) atoms. The highest BCUT2D eigenvalue weighted by molar-refractivity contribution is 6.43. The third kappa shape index (κ3) is 4.61. The SMILES string of the molecule is CC(C)NC(=O)CNC(=O)c1cc(N)c(Cl)c(Cl)c1. The fourth-order valence-electron chi connectivity index (χ4n) is 1.38. The molecule has 0 aromatic heterocycles. The van der Waals surface area contributed by atoms with Crippen LogP contribution >= 0.6 is 23.2 Å². The molecule has 0 heterocycles. The molecule has 2 amide bonds. The predicted molar refractivity (Wildman–Crippen MR) is 76.5 cm³/mol. The van der Waals surface area contributed by atoms with E-state index in [9.17, 15) is 9.59 Å². The smallest absolute Gasteiger partial charge is 0.251 e. The minimum atomic E-state index is -0.441. The average Bonchev–Trinajstić information content (AvgIpc) is 2.31. The van der Waals surface area contributed by atoms with Gasteiger partial charge in [0.15, 0.2) is 0 Å². The number of anilines is 1. The van der Waals surface area contributed by atoms with Crippen LogP contribution in [0.5, 0.6) is 0 Å². The van der Waals surface area contributed by atoms with E-state index in [0.29, 0.717) is 0 Å². The van der Waals surface area contributed by atoms with Crippen molar-refractivity contribution in [2.45, 2.75) is 19.9 Å². The van der Waals surface area contributed by atoms with Crippen LogP contribution in [0.4, 0.5) is 5.69 Å². The van der Waals surface area contributed by atoms with E-state index in [4.69, 9.17) is 28.9 Å². The fourth-order valence-corrected chi connectivity index (χ4v) is 1.71. The van der Waals surface area contributed by atoms with Crippen LogP contribution < -0.4 is 16.4 Å². The molecule has 0 aliphatic heterocycles. The second kappa shape index (κ2) is 6.63. The molecular formula is C12H15Cl2N3O2. The van der Waals surface area contributed by atoms with Gasteiger partial charge in [-0.05, 0) is 26.0 Å². The summed E-state index contributed by atoms with van der Waals surface area (Å²) >= 11 is 11.6. The van der Waals surface area contributed by atoms with Crippen molar-refractivity contribution in [2.75, 3.05) is 12.3 Å². The van der Waals surface area contributed by atoms with Crippen molar-refractivity contribution in [3.63, 3.8) is 0 Å². The number of hydrogen-bond acceptors (Lipinski definition) is 3. The Morgan fingerprint density at radius 3 is 2.47 bits per heavy atom. The first-order chi connectivity index (χ1) is 8.81. The van der Waals surface area contributed by atoms with Gasteiger partial charge in [-0.15, -0.1) is 0 Å². The Balaban J connectivity index is 2.67. The van der Waals surface area contributed by atoms with Crippen molar-refractivity contribution in [2.24, 2.45) is 0 Å². The highest BCUT2D eigenvalue weighted by Crippen LogP contribution is 2.29. The Labute approximate surface area is 121 Å². The molecule has 0 aliphatic rings. The lowest BCUT2D eigenvalue weighted by atomic mass is 10.2. The molecule has 0 spiro atoms. The van der Waals surface area contributed by atoms with E-state index in [1.165, 1.54) is 12.1 Å². The molecule has 0 fully saturated rings. The van der Waals surface area contributed by atoms with Crippen LogP contribution in [0, 0.1) is 0 Å².